The maximum atomic E-state index is 8.74. The average molecular weight is 200 g/mol. The standard InChI is InChI=1S/In.H3O3P.3H/c;1-4(2)3;;;/h;4H,(H2,1,2,3);;;. The summed E-state index contributed by atoms with van der Waals surface area (Å²) in [6.07, 6.45) is 0. The molecule has 0 saturated heterocycles. The molecule has 0 saturated carbocycles. The fraction of sp³-hybridized carbons (Fsp3) is 0. The van der Waals surface area contributed by atoms with Crippen LogP contribution in [0.5, 0.6) is 0 Å². The summed E-state index contributed by atoms with van der Waals surface area (Å²) in [6.45, 7) is 0. The van der Waals surface area contributed by atoms with Crippen LogP contribution in [0.2, 0.25) is 0 Å². The fourth-order valence-electron chi connectivity index (χ4n) is 0. The van der Waals surface area contributed by atoms with Crippen LogP contribution in [0.4, 0.5) is 0 Å². The maximum absolute atomic E-state index is 8.74. The van der Waals surface area contributed by atoms with Crippen LogP contribution in [0, 0.1) is 0 Å². The van der Waals surface area contributed by atoms with Gasteiger partial charge in [-0.15, -0.1) is 0 Å². The van der Waals surface area contributed by atoms with Gasteiger partial charge in [-0.25, -0.2) is 0 Å². The first-order valence-electron chi connectivity index (χ1n) is 0.651. The summed E-state index contributed by atoms with van der Waals surface area (Å²) >= 11 is 0. The van der Waals surface area contributed by atoms with Gasteiger partial charge in [-0.05, 0) is 0 Å². The Bertz CT molecular complexity index is 29.9. The molecule has 5 heteroatoms. The molecule has 0 aliphatic heterocycles. The molecule has 0 rings (SSSR count). The van der Waals surface area contributed by atoms with Crippen LogP contribution in [-0.2, 0) is 4.57 Å². The second kappa shape index (κ2) is 5.02. The minimum atomic E-state index is -3.13. The molecule has 0 spiro atoms. The molecule has 5 heavy (non-hydrogen) atoms. The van der Waals surface area contributed by atoms with E-state index in [9.17, 15) is 0 Å². The zero-order chi connectivity index (χ0) is 3.58. The molecule has 3 nitrogen and oxygen atoms in total. The van der Waals surface area contributed by atoms with Crippen LogP contribution < -0.4 is 0 Å². The van der Waals surface area contributed by atoms with Gasteiger partial charge in [-0.2, -0.15) is 0 Å². The molecule has 2 N–H and O–H groups in total. The van der Waals surface area contributed by atoms with Crippen molar-refractivity contribution in [2.45, 2.75) is 0 Å². The zero-order valence-electron chi connectivity index (χ0n) is 1.80. The van der Waals surface area contributed by atoms with E-state index in [-0.39, 0.29) is 25.8 Å². The second-order valence-corrected chi connectivity index (χ2v) is 0.848. The fourth-order valence-corrected chi connectivity index (χ4v) is 0. The third kappa shape index (κ3) is 44.0. The molecular weight excluding hydrogens is 194 g/mol. The van der Waals surface area contributed by atoms with Crippen molar-refractivity contribution in [3.8, 4) is 0 Å². The van der Waals surface area contributed by atoms with Crippen LogP contribution in [0.15, 0.2) is 0 Å². The van der Waals surface area contributed by atoms with Crippen LogP contribution in [-0.4, -0.2) is 35.6 Å². The third-order valence-corrected chi connectivity index (χ3v) is 0. The molecule has 0 heterocycles. The summed E-state index contributed by atoms with van der Waals surface area (Å²) in [6, 6.07) is 0. The summed E-state index contributed by atoms with van der Waals surface area (Å²) in [7, 11) is -3.13. The van der Waals surface area contributed by atoms with Gasteiger partial charge < -0.3 is 9.79 Å². The molecule has 0 unspecified atom stereocenters. The Morgan fingerprint density at radius 3 is 1.40 bits per heavy atom. The van der Waals surface area contributed by atoms with Crippen LogP contribution >= 0.6 is 8.25 Å². The van der Waals surface area contributed by atoms with Gasteiger partial charge in [0.2, 0.25) is 0 Å². The summed E-state index contributed by atoms with van der Waals surface area (Å²) in [5.74, 6) is 0. The van der Waals surface area contributed by atoms with Gasteiger partial charge in [-0.1, -0.05) is 0 Å². The van der Waals surface area contributed by atoms with Gasteiger partial charge in [0.25, 0.3) is 0 Å². The van der Waals surface area contributed by atoms with E-state index in [4.69, 9.17) is 14.4 Å². The molecule has 0 aliphatic carbocycles. The SMILES string of the molecule is O=[PH](O)O.[InH3]. The normalized spacial score (nSPS) is 7.00. The molecule has 0 aromatic carbocycles. The average Bonchev–Trinajstić information content (AvgIpc) is 0.811. The Morgan fingerprint density at radius 2 is 1.40 bits per heavy atom. The molecule has 0 aromatic heterocycles. The second-order valence-electron chi connectivity index (χ2n) is 0.283. The summed E-state index contributed by atoms with van der Waals surface area (Å²) in [5, 5.41) is 0. The Kier molecular flexibility index (Phi) is 9.43. The molecular formula is H6InO3P. The molecule has 0 fully saturated rings. The predicted octanol–water partition coefficient (Wildman–Crippen LogP) is -1.82. The molecule has 0 amide bonds. The van der Waals surface area contributed by atoms with Crippen molar-refractivity contribution in [3.63, 3.8) is 0 Å². The summed E-state index contributed by atoms with van der Waals surface area (Å²) in [4.78, 5) is 14.3. The Labute approximate surface area is 48.7 Å². The number of hydrogen-bond acceptors (Lipinski definition) is 1. The summed E-state index contributed by atoms with van der Waals surface area (Å²) in [5.41, 5.74) is 0. The first kappa shape index (κ1) is 9.39. The van der Waals surface area contributed by atoms with Gasteiger partial charge in [0, 0.05) is 0 Å². The number of hydrogen-bond donors (Lipinski definition) is 2. The molecule has 0 bridgehead atoms. The van der Waals surface area contributed by atoms with Gasteiger partial charge in [0.15, 0.2) is 0 Å². The van der Waals surface area contributed by atoms with Crippen molar-refractivity contribution in [2.75, 3.05) is 0 Å². The van der Waals surface area contributed by atoms with Gasteiger partial charge in [-0.3, -0.25) is 4.57 Å². The quantitative estimate of drug-likeness (QED) is 0.452. The molecule has 0 aromatic rings. The molecule has 0 aliphatic rings. The third-order valence-electron chi connectivity index (χ3n) is 0. The van der Waals surface area contributed by atoms with E-state index >= 15 is 0 Å². The van der Waals surface area contributed by atoms with Crippen molar-refractivity contribution >= 4 is 34.1 Å². The topological polar surface area (TPSA) is 57.5 Å². The Morgan fingerprint density at radius 1 is 1.40 bits per heavy atom. The number of rotatable bonds is 0. The van der Waals surface area contributed by atoms with E-state index in [1.54, 1.807) is 0 Å². The van der Waals surface area contributed by atoms with Gasteiger partial charge in [0.1, 0.15) is 0 Å². The van der Waals surface area contributed by atoms with E-state index in [0.717, 1.165) is 0 Å². The van der Waals surface area contributed by atoms with E-state index in [1.165, 1.54) is 0 Å². The Hall–Kier alpha value is 1.02. The molecule has 32 valence electrons. The minimum absolute atomic E-state index is 0. The monoisotopic (exact) mass is 200 g/mol. The van der Waals surface area contributed by atoms with Gasteiger partial charge in [0.05, 0.1) is 0 Å². The van der Waals surface area contributed by atoms with Crippen molar-refractivity contribution in [1.82, 2.24) is 0 Å². The van der Waals surface area contributed by atoms with E-state index in [2.05, 4.69) is 0 Å². The predicted molar refractivity (Wildman–Crippen MR) is 23.4 cm³/mol. The first-order chi connectivity index (χ1) is 1.73. The molecule has 0 radical (unpaired) electrons. The zero-order valence-corrected chi connectivity index (χ0v) is 2.80. The van der Waals surface area contributed by atoms with Crippen molar-refractivity contribution in [2.24, 2.45) is 0 Å². The van der Waals surface area contributed by atoms with Gasteiger partial charge >= 0.3 is 34.1 Å². The van der Waals surface area contributed by atoms with E-state index in [0.29, 0.717) is 0 Å². The van der Waals surface area contributed by atoms with E-state index < -0.39 is 8.25 Å². The molecule has 0 atom stereocenters. The van der Waals surface area contributed by atoms with Crippen molar-refractivity contribution in [3.05, 3.63) is 0 Å². The van der Waals surface area contributed by atoms with Crippen molar-refractivity contribution in [1.29, 1.82) is 0 Å². The Balaban J connectivity index is 0. The first-order valence-corrected chi connectivity index (χ1v) is 1.95. The van der Waals surface area contributed by atoms with Crippen molar-refractivity contribution < 1.29 is 14.4 Å². The van der Waals surface area contributed by atoms with Crippen LogP contribution in [0.3, 0.4) is 0 Å². The van der Waals surface area contributed by atoms with Crippen LogP contribution in [0.25, 0.3) is 0 Å². The summed E-state index contributed by atoms with van der Waals surface area (Å²) < 4.78 is 8.74. The van der Waals surface area contributed by atoms with E-state index in [1.807, 2.05) is 0 Å². The van der Waals surface area contributed by atoms with Crippen LogP contribution in [0.1, 0.15) is 0 Å².